The number of nitrogens with zero attached hydrogens (tertiary/aromatic N) is 3. The summed E-state index contributed by atoms with van der Waals surface area (Å²) in [7, 11) is 0. The minimum Gasteiger partial charge on any atom is -0.380 e. The molecule has 2 aromatic carbocycles. The summed E-state index contributed by atoms with van der Waals surface area (Å²) in [4.78, 5) is 9.60. The van der Waals surface area contributed by atoms with Crippen molar-refractivity contribution in [1.82, 2.24) is 4.98 Å². The number of aromatic nitrogens is 1. The Kier molecular flexibility index (Phi) is 5.45. The molecule has 1 aliphatic heterocycles. The lowest BCUT2D eigenvalue weighted by atomic mass is 10.2. The van der Waals surface area contributed by atoms with Crippen molar-refractivity contribution in [2.75, 3.05) is 41.3 Å². The fourth-order valence-electron chi connectivity index (χ4n) is 3.26. The van der Waals surface area contributed by atoms with Gasteiger partial charge in [-0.2, -0.15) is 0 Å². The number of anilines is 3. The highest BCUT2D eigenvalue weighted by atomic mass is 35.5. The highest BCUT2D eigenvalue weighted by Crippen LogP contribution is 2.24. The van der Waals surface area contributed by atoms with Crippen molar-refractivity contribution in [3.63, 3.8) is 0 Å². The molecular weight excluding hydrogens is 383 g/mol. The Hall–Kier alpha value is -2.31. The molecule has 0 saturated carbocycles. The van der Waals surface area contributed by atoms with Crippen molar-refractivity contribution in [2.24, 2.45) is 0 Å². The van der Waals surface area contributed by atoms with Crippen molar-refractivity contribution >= 4 is 40.0 Å². The smallest absolute Gasteiger partial charge is 0.183 e. The topological polar surface area (TPSA) is 31.4 Å². The summed E-state index contributed by atoms with van der Waals surface area (Å²) in [6.45, 7) is 4.09. The zero-order valence-electron chi connectivity index (χ0n) is 14.7. The molecule has 1 aromatic heterocycles. The molecular formula is C20H20ClFN4S. The Morgan fingerprint density at radius 2 is 1.70 bits per heavy atom. The van der Waals surface area contributed by atoms with E-state index in [0.29, 0.717) is 16.7 Å². The third kappa shape index (κ3) is 4.34. The Morgan fingerprint density at radius 1 is 1.00 bits per heavy atom. The summed E-state index contributed by atoms with van der Waals surface area (Å²) < 4.78 is 14.5. The van der Waals surface area contributed by atoms with Crippen molar-refractivity contribution in [3.05, 3.63) is 69.9 Å². The van der Waals surface area contributed by atoms with Gasteiger partial charge in [-0.3, -0.25) is 0 Å². The van der Waals surface area contributed by atoms with Crippen LogP contribution in [0.25, 0.3) is 0 Å². The first-order valence-corrected chi connectivity index (χ1v) is 10.1. The molecule has 3 aromatic rings. The SMILES string of the molecule is Fc1ccccc1N1CCN(c2ccc(NCc3cnc(Cl)s3)cc2)CC1. The molecule has 0 unspecified atom stereocenters. The molecule has 0 amide bonds. The van der Waals surface area contributed by atoms with Gasteiger partial charge in [0.2, 0.25) is 0 Å². The molecule has 140 valence electrons. The molecule has 1 aliphatic rings. The van der Waals surface area contributed by atoms with Crippen molar-refractivity contribution in [1.29, 1.82) is 0 Å². The lowest BCUT2D eigenvalue weighted by Crippen LogP contribution is -2.46. The van der Waals surface area contributed by atoms with Gasteiger partial charge in [0, 0.05) is 48.6 Å². The second-order valence-corrected chi connectivity index (χ2v) is 8.10. The van der Waals surface area contributed by atoms with E-state index < -0.39 is 0 Å². The van der Waals surface area contributed by atoms with Gasteiger partial charge in [-0.15, -0.1) is 11.3 Å². The van der Waals surface area contributed by atoms with Crippen molar-refractivity contribution < 1.29 is 4.39 Å². The summed E-state index contributed by atoms with van der Waals surface area (Å²) in [6.07, 6.45) is 1.80. The number of para-hydroxylation sites is 1. The van der Waals surface area contributed by atoms with Gasteiger partial charge < -0.3 is 15.1 Å². The molecule has 4 rings (SSSR count). The van der Waals surface area contributed by atoms with Crippen LogP contribution in [-0.4, -0.2) is 31.2 Å². The van der Waals surface area contributed by atoms with E-state index in [1.165, 1.54) is 23.1 Å². The molecule has 4 nitrogen and oxygen atoms in total. The van der Waals surface area contributed by atoms with E-state index in [1.54, 1.807) is 12.3 Å². The molecule has 7 heteroatoms. The van der Waals surface area contributed by atoms with E-state index in [9.17, 15) is 4.39 Å². The maximum atomic E-state index is 14.0. The van der Waals surface area contributed by atoms with Crippen LogP contribution in [0.3, 0.4) is 0 Å². The molecule has 1 fully saturated rings. The Bertz CT molecular complexity index is 891. The third-order valence-corrected chi connectivity index (χ3v) is 5.81. The lowest BCUT2D eigenvalue weighted by Gasteiger charge is -2.37. The van der Waals surface area contributed by atoms with Crippen molar-refractivity contribution in [2.45, 2.75) is 6.54 Å². The van der Waals surface area contributed by atoms with Crippen LogP contribution >= 0.6 is 22.9 Å². The number of nitrogens with one attached hydrogen (secondary N) is 1. The molecule has 0 spiro atoms. The van der Waals surface area contributed by atoms with Gasteiger partial charge in [0.05, 0.1) is 12.2 Å². The summed E-state index contributed by atoms with van der Waals surface area (Å²) in [5, 5.41) is 3.38. The molecule has 27 heavy (non-hydrogen) atoms. The van der Waals surface area contributed by atoms with Crippen molar-refractivity contribution in [3.8, 4) is 0 Å². The number of benzene rings is 2. The maximum Gasteiger partial charge on any atom is 0.183 e. The Labute approximate surface area is 167 Å². The van der Waals surface area contributed by atoms with E-state index >= 15 is 0 Å². The van der Waals surface area contributed by atoms with Crippen LogP contribution in [0.5, 0.6) is 0 Å². The zero-order chi connectivity index (χ0) is 18.6. The second-order valence-electron chi connectivity index (χ2n) is 6.41. The standard InChI is InChI=1S/C20H20ClFN4S/c21-20-24-14-17(27-20)13-23-15-5-7-16(8-6-15)25-9-11-26(12-10-25)19-4-2-1-3-18(19)22/h1-8,14,23H,9-13H2. The summed E-state index contributed by atoms with van der Waals surface area (Å²) in [5.74, 6) is -0.149. The number of thiazole rings is 1. The van der Waals surface area contributed by atoms with Gasteiger partial charge in [0.25, 0.3) is 0 Å². The van der Waals surface area contributed by atoms with Gasteiger partial charge in [0.1, 0.15) is 5.82 Å². The van der Waals surface area contributed by atoms with E-state index in [0.717, 1.165) is 36.7 Å². The number of hydrogen-bond acceptors (Lipinski definition) is 5. The van der Waals surface area contributed by atoms with Gasteiger partial charge in [0.15, 0.2) is 4.47 Å². The first-order chi connectivity index (χ1) is 13.2. The highest BCUT2D eigenvalue weighted by Gasteiger charge is 2.19. The van der Waals surface area contributed by atoms with Crippen LogP contribution in [0.1, 0.15) is 4.88 Å². The van der Waals surface area contributed by atoms with Gasteiger partial charge in [-0.05, 0) is 36.4 Å². The van der Waals surface area contributed by atoms with Crippen LogP contribution in [0, 0.1) is 5.82 Å². The Balaban J connectivity index is 1.33. The second kappa shape index (κ2) is 8.15. The van der Waals surface area contributed by atoms with Crippen LogP contribution < -0.4 is 15.1 Å². The van der Waals surface area contributed by atoms with Crippen LogP contribution in [0.4, 0.5) is 21.5 Å². The summed E-state index contributed by atoms with van der Waals surface area (Å²) >= 11 is 7.34. The first-order valence-electron chi connectivity index (χ1n) is 8.87. The molecule has 0 radical (unpaired) electrons. The van der Waals surface area contributed by atoms with Gasteiger partial charge >= 0.3 is 0 Å². The molecule has 1 saturated heterocycles. The van der Waals surface area contributed by atoms with E-state index in [4.69, 9.17) is 11.6 Å². The lowest BCUT2D eigenvalue weighted by molar-refractivity contribution is 0.598. The van der Waals surface area contributed by atoms with E-state index in [2.05, 4.69) is 44.4 Å². The number of piperazine rings is 1. The highest BCUT2D eigenvalue weighted by molar-refractivity contribution is 7.15. The van der Waals surface area contributed by atoms with Crippen LogP contribution in [-0.2, 0) is 6.54 Å². The zero-order valence-corrected chi connectivity index (χ0v) is 16.3. The largest absolute Gasteiger partial charge is 0.380 e. The molecule has 0 bridgehead atoms. The molecule has 2 heterocycles. The van der Waals surface area contributed by atoms with E-state index in [1.807, 2.05) is 12.1 Å². The average molecular weight is 403 g/mol. The number of hydrogen-bond donors (Lipinski definition) is 1. The average Bonchev–Trinajstić information content (AvgIpc) is 3.13. The Morgan fingerprint density at radius 3 is 2.37 bits per heavy atom. The quantitative estimate of drug-likeness (QED) is 0.659. The minimum atomic E-state index is -0.149. The monoisotopic (exact) mass is 402 g/mol. The number of rotatable bonds is 5. The van der Waals surface area contributed by atoms with Gasteiger partial charge in [-0.1, -0.05) is 23.7 Å². The minimum absolute atomic E-state index is 0.149. The predicted octanol–water partition coefficient (Wildman–Crippen LogP) is 4.87. The van der Waals surface area contributed by atoms with E-state index in [-0.39, 0.29) is 5.82 Å². The first kappa shape index (κ1) is 18.1. The predicted molar refractivity (Wildman–Crippen MR) is 112 cm³/mol. The molecule has 0 atom stereocenters. The summed E-state index contributed by atoms with van der Waals surface area (Å²) in [6, 6.07) is 15.4. The van der Waals surface area contributed by atoms with Crippen LogP contribution in [0.2, 0.25) is 4.47 Å². The maximum absolute atomic E-state index is 14.0. The van der Waals surface area contributed by atoms with Gasteiger partial charge in [-0.25, -0.2) is 9.37 Å². The molecule has 1 N–H and O–H groups in total. The fraction of sp³-hybridized carbons (Fsp3) is 0.250. The molecule has 0 aliphatic carbocycles. The number of halogens is 2. The van der Waals surface area contributed by atoms with Crippen LogP contribution in [0.15, 0.2) is 54.7 Å². The summed E-state index contributed by atoms with van der Waals surface area (Å²) in [5.41, 5.74) is 2.95. The fourth-order valence-corrected chi connectivity index (χ4v) is 4.18. The normalized spacial score (nSPS) is 14.4. The third-order valence-electron chi connectivity index (χ3n) is 4.70.